The number of carbonyl (C=O) groups is 2. The first-order valence-corrected chi connectivity index (χ1v) is 13.7. The van der Waals surface area contributed by atoms with Crippen molar-refractivity contribution in [2.75, 3.05) is 12.3 Å². The van der Waals surface area contributed by atoms with Crippen LogP contribution in [-0.4, -0.2) is 33.5 Å². The van der Waals surface area contributed by atoms with E-state index in [0.717, 1.165) is 22.3 Å². The van der Waals surface area contributed by atoms with Gasteiger partial charge in [-0.2, -0.15) is 0 Å². The van der Waals surface area contributed by atoms with Gasteiger partial charge in [-0.05, 0) is 62.1 Å². The molecule has 4 rings (SSSR count). The van der Waals surface area contributed by atoms with Crippen LogP contribution in [0.2, 0.25) is 0 Å². The first kappa shape index (κ1) is 27.3. The average Bonchev–Trinajstić information content (AvgIpc) is 2.89. The van der Waals surface area contributed by atoms with Gasteiger partial charge in [0, 0.05) is 17.7 Å². The summed E-state index contributed by atoms with van der Waals surface area (Å²) in [5.74, 6) is 0.244. The van der Waals surface area contributed by atoms with Gasteiger partial charge in [0.2, 0.25) is 0 Å². The summed E-state index contributed by atoms with van der Waals surface area (Å²) < 4.78 is 1.62. The van der Waals surface area contributed by atoms with Crippen LogP contribution in [0, 0.1) is 26.7 Å². The van der Waals surface area contributed by atoms with Gasteiger partial charge >= 0.3 is 0 Å². The maximum Gasteiger partial charge on any atom is 0.262 e. The number of benzene rings is 3. The highest BCUT2D eigenvalue weighted by Crippen LogP contribution is 2.22. The molecule has 0 atom stereocenters. The van der Waals surface area contributed by atoms with Crippen molar-refractivity contribution in [1.29, 1.82) is 0 Å². The zero-order valence-electron chi connectivity index (χ0n) is 22.5. The summed E-state index contributed by atoms with van der Waals surface area (Å²) >= 11 is 1.25. The molecule has 3 aromatic carbocycles. The van der Waals surface area contributed by atoms with Crippen molar-refractivity contribution in [3.63, 3.8) is 0 Å². The first-order valence-electron chi connectivity index (χ1n) is 12.7. The molecule has 0 bridgehead atoms. The molecule has 0 saturated heterocycles. The lowest BCUT2D eigenvalue weighted by Gasteiger charge is -2.14. The number of amides is 1. The Morgan fingerprint density at radius 3 is 2.37 bits per heavy atom. The number of hydrogen-bond acceptors (Lipinski definition) is 5. The van der Waals surface area contributed by atoms with E-state index < -0.39 is 0 Å². The monoisotopic (exact) mass is 527 g/mol. The maximum absolute atomic E-state index is 13.7. The molecule has 0 aliphatic rings. The molecule has 0 saturated carbocycles. The van der Waals surface area contributed by atoms with E-state index in [1.54, 1.807) is 22.8 Å². The minimum Gasteiger partial charge on any atom is -0.352 e. The number of carbonyl (C=O) groups excluding carboxylic acids is 2. The number of fused-ring (bicyclic) bond motifs is 1. The maximum atomic E-state index is 13.7. The molecule has 38 heavy (non-hydrogen) atoms. The fraction of sp³-hybridized carbons (Fsp3) is 0.290. The second-order valence-corrected chi connectivity index (χ2v) is 11.1. The summed E-state index contributed by atoms with van der Waals surface area (Å²) in [6.07, 6.45) is 0. The van der Waals surface area contributed by atoms with Crippen molar-refractivity contribution in [3.05, 3.63) is 104 Å². The number of Topliss-reactive ketones (excluding diaryl/α,β-unsaturated/α-hetero) is 1. The van der Waals surface area contributed by atoms with Gasteiger partial charge in [0.15, 0.2) is 10.9 Å². The Bertz CT molecular complexity index is 1560. The van der Waals surface area contributed by atoms with Crippen LogP contribution in [0.4, 0.5) is 0 Å². The fourth-order valence-corrected chi connectivity index (χ4v) is 4.99. The van der Waals surface area contributed by atoms with Crippen LogP contribution in [0.3, 0.4) is 0 Å². The summed E-state index contributed by atoms with van der Waals surface area (Å²) in [6.45, 7) is 10.8. The Morgan fingerprint density at radius 1 is 0.947 bits per heavy atom. The second-order valence-electron chi connectivity index (χ2n) is 10.1. The second kappa shape index (κ2) is 11.8. The molecule has 6 nitrogen and oxygen atoms in total. The molecule has 7 heteroatoms. The minimum absolute atomic E-state index is 0.0192. The SMILES string of the molecule is Cc1ccc(Cn2c(SCC(=O)c3cc(C)ccc3C)nc3cc(C(=O)NCC(C)C)ccc3c2=O)cc1. The van der Waals surface area contributed by atoms with Gasteiger partial charge in [-0.1, -0.05) is 73.1 Å². The summed E-state index contributed by atoms with van der Waals surface area (Å²) in [7, 11) is 0. The van der Waals surface area contributed by atoms with E-state index in [1.807, 2.05) is 77.1 Å². The van der Waals surface area contributed by atoms with E-state index in [0.29, 0.717) is 46.2 Å². The molecule has 0 unspecified atom stereocenters. The van der Waals surface area contributed by atoms with E-state index in [1.165, 1.54) is 11.8 Å². The fourth-order valence-electron chi connectivity index (χ4n) is 4.11. The van der Waals surface area contributed by atoms with Crippen LogP contribution in [0.15, 0.2) is 70.6 Å². The Kier molecular flexibility index (Phi) is 8.47. The largest absolute Gasteiger partial charge is 0.352 e. The van der Waals surface area contributed by atoms with E-state index in [9.17, 15) is 14.4 Å². The number of aryl methyl sites for hydroxylation is 3. The van der Waals surface area contributed by atoms with E-state index in [-0.39, 0.29) is 23.0 Å². The lowest BCUT2D eigenvalue weighted by Crippen LogP contribution is -2.28. The van der Waals surface area contributed by atoms with Crippen LogP contribution >= 0.6 is 11.8 Å². The highest BCUT2D eigenvalue weighted by Gasteiger charge is 2.17. The highest BCUT2D eigenvalue weighted by molar-refractivity contribution is 7.99. The molecule has 196 valence electrons. The predicted octanol–water partition coefficient (Wildman–Crippen LogP) is 5.73. The minimum atomic E-state index is -0.203. The van der Waals surface area contributed by atoms with Crippen LogP contribution in [0.25, 0.3) is 10.9 Å². The van der Waals surface area contributed by atoms with E-state index in [2.05, 4.69) is 5.32 Å². The van der Waals surface area contributed by atoms with Crippen LogP contribution in [0.1, 0.15) is 56.8 Å². The molecule has 0 radical (unpaired) electrons. The van der Waals surface area contributed by atoms with Crippen LogP contribution < -0.4 is 10.9 Å². The van der Waals surface area contributed by atoms with E-state index in [4.69, 9.17) is 4.98 Å². The highest BCUT2D eigenvalue weighted by atomic mass is 32.2. The molecular weight excluding hydrogens is 494 g/mol. The van der Waals surface area contributed by atoms with Crippen molar-refractivity contribution in [2.24, 2.45) is 5.92 Å². The number of aromatic nitrogens is 2. The summed E-state index contributed by atoms with van der Waals surface area (Å²) in [5, 5.41) is 3.79. The number of thioether (sulfide) groups is 1. The third kappa shape index (κ3) is 6.40. The molecule has 1 heterocycles. The zero-order valence-corrected chi connectivity index (χ0v) is 23.3. The lowest BCUT2D eigenvalue weighted by atomic mass is 10.0. The van der Waals surface area contributed by atoms with Gasteiger partial charge in [0.25, 0.3) is 11.5 Å². The van der Waals surface area contributed by atoms with Gasteiger partial charge in [0.05, 0.1) is 23.2 Å². The van der Waals surface area contributed by atoms with Crippen molar-refractivity contribution in [1.82, 2.24) is 14.9 Å². The van der Waals surface area contributed by atoms with Gasteiger partial charge in [-0.15, -0.1) is 0 Å². The molecule has 0 spiro atoms. The van der Waals surface area contributed by atoms with Gasteiger partial charge in [-0.3, -0.25) is 19.0 Å². The van der Waals surface area contributed by atoms with Crippen molar-refractivity contribution in [3.8, 4) is 0 Å². The topological polar surface area (TPSA) is 81.1 Å². The van der Waals surface area contributed by atoms with Crippen molar-refractivity contribution < 1.29 is 9.59 Å². The smallest absolute Gasteiger partial charge is 0.262 e. The quantitative estimate of drug-likeness (QED) is 0.171. The third-order valence-electron chi connectivity index (χ3n) is 6.34. The Labute approximate surface area is 227 Å². The van der Waals surface area contributed by atoms with Crippen molar-refractivity contribution >= 4 is 34.4 Å². The Balaban J connectivity index is 1.72. The van der Waals surface area contributed by atoms with Crippen LogP contribution in [-0.2, 0) is 6.54 Å². The standard InChI is InChI=1S/C31H33N3O3S/c1-19(2)16-32-29(36)24-12-13-25-27(15-24)33-31(34(30(25)37)17-23-10-7-20(3)8-11-23)38-18-28(35)26-14-21(4)6-9-22(26)5/h6-15,19H,16-18H2,1-5H3,(H,32,36). The lowest BCUT2D eigenvalue weighted by molar-refractivity contribution is 0.0948. The third-order valence-corrected chi connectivity index (χ3v) is 7.32. The molecule has 1 aromatic heterocycles. The van der Waals surface area contributed by atoms with Gasteiger partial charge < -0.3 is 5.32 Å². The number of ketones is 1. The summed E-state index contributed by atoms with van der Waals surface area (Å²) in [6, 6.07) is 18.8. The molecule has 0 aliphatic heterocycles. The molecule has 4 aromatic rings. The molecule has 1 N–H and O–H groups in total. The first-order chi connectivity index (χ1) is 18.1. The number of hydrogen-bond donors (Lipinski definition) is 1. The molecule has 0 fully saturated rings. The number of nitrogens with zero attached hydrogens (tertiary/aromatic N) is 2. The number of rotatable bonds is 9. The Morgan fingerprint density at radius 2 is 1.66 bits per heavy atom. The zero-order chi connectivity index (χ0) is 27.4. The average molecular weight is 528 g/mol. The normalized spacial score (nSPS) is 11.2. The summed E-state index contributed by atoms with van der Waals surface area (Å²) in [5.41, 5.74) is 5.40. The molecule has 1 amide bonds. The van der Waals surface area contributed by atoms with Gasteiger partial charge in [-0.25, -0.2) is 4.98 Å². The van der Waals surface area contributed by atoms with E-state index >= 15 is 0 Å². The van der Waals surface area contributed by atoms with Gasteiger partial charge in [0.1, 0.15) is 0 Å². The summed E-state index contributed by atoms with van der Waals surface area (Å²) in [4.78, 5) is 44.2. The molecular formula is C31H33N3O3S. The number of nitrogens with one attached hydrogen (secondary N) is 1. The molecule has 0 aliphatic carbocycles. The van der Waals surface area contributed by atoms with Crippen molar-refractivity contribution in [2.45, 2.75) is 46.3 Å². The Hall–Kier alpha value is -3.71. The van der Waals surface area contributed by atoms with Crippen LogP contribution in [0.5, 0.6) is 0 Å². The predicted molar refractivity (Wildman–Crippen MR) is 154 cm³/mol.